The van der Waals surface area contributed by atoms with Gasteiger partial charge in [0.15, 0.2) is 5.82 Å². The summed E-state index contributed by atoms with van der Waals surface area (Å²) in [6.45, 7) is 5.42. The van der Waals surface area contributed by atoms with E-state index in [0.717, 1.165) is 39.5 Å². The Morgan fingerprint density at radius 3 is 1.13 bits per heavy atom. The van der Waals surface area contributed by atoms with E-state index in [1.165, 1.54) is 0 Å². The number of anilines is 3. The van der Waals surface area contributed by atoms with Gasteiger partial charge < -0.3 is 16.0 Å². The van der Waals surface area contributed by atoms with E-state index in [1.54, 1.807) is 6.92 Å². The Kier molecular flexibility index (Phi) is 8.78. The van der Waals surface area contributed by atoms with Crippen LogP contribution in [0.4, 0.5) is 17.1 Å². The lowest BCUT2D eigenvalue weighted by molar-refractivity contribution is -0.116. The SMILES string of the molecule is CCC(=O)Nc1ccc(-c2cc(-c3ccc(NC(=O)CC)cc3)nc(-c3ccc(NC(=O)CC)cc3)n2)cc1. The number of rotatable bonds is 9. The third-order valence-corrected chi connectivity index (χ3v) is 6.05. The van der Waals surface area contributed by atoms with Gasteiger partial charge in [-0.3, -0.25) is 14.4 Å². The summed E-state index contributed by atoms with van der Waals surface area (Å²) in [6, 6.07) is 24.4. The number of benzene rings is 3. The van der Waals surface area contributed by atoms with E-state index in [0.29, 0.717) is 30.8 Å². The monoisotopic (exact) mass is 521 g/mol. The molecule has 0 aliphatic heterocycles. The molecule has 0 spiro atoms. The molecule has 0 saturated carbocycles. The van der Waals surface area contributed by atoms with Gasteiger partial charge in [-0.25, -0.2) is 9.97 Å². The molecule has 39 heavy (non-hydrogen) atoms. The number of carbonyl (C=O) groups is 3. The average Bonchev–Trinajstić information content (AvgIpc) is 2.97. The van der Waals surface area contributed by atoms with Gasteiger partial charge in [-0.1, -0.05) is 45.0 Å². The van der Waals surface area contributed by atoms with E-state index in [-0.39, 0.29) is 17.7 Å². The molecule has 4 aromatic rings. The van der Waals surface area contributed by atoms with Crippen molar-refractivity contribution in [2.45, 2.75) is 40.0 Å². The van der Waals surface area contributed by atoms with Crippen molar-refractivity contribution in [1.82, 2.24) is 9.97 Å². The van der Waals surface area contributed by atoms with Crippen molar-refractivity contribution in [3.63, 3.8) is 0 Å². The first-order valence-corrected chi connectivity index (χ1v) is 13.0. The number of nitrogens with one attached hydrogen (secondary N) is 3. The maximum absolute atomic E-state index is 11.8. The summed E-state index contributed by atoms with van der Waals surface area (Å²) >= 11 is 0. The minimum Gasteiger partial charge on any atom is -0.326 e. The van der Waals surface area contributed by atoms with Crippen molar-refractivity contribution in [3.8, 4) is 33.9 Å². The molecule has 0 bridgehead atoms. The molecule has 0 radical (unpaired) electrons. The number of amides is 3. The lowest BCUT2D eigenvalue weighted by atomic mass is 10.1. The predicted molar refractivity (Wildman–Crippen MR) is 155 cm³/mol. The van der Waals surface area contributed by atoms with Gasteiger partial charge in [0.2, 0.25) is 17.7 Å². The van der Waals surface area contributed by atoms with Gasteiger partial charge in [-0.15, -0.1) is 0 Å². The van der Waals surface area contributed by atoms with E-state index in [4.69, 9.17) is 9.97 Å². The molecular weight excluding hydrogens is 490 g/mol. The number of aromatic nitrogens is 2. The summed E-state index contributed by atoms with van der Waals surface area (Å²) in [7, 11) is 0. The highest BCUT2D eigenvalue weighted by Gasteiger charge is 2.12. The first-order valence-electron chi connectivity index (χ1n) is 13.0. The number of nitrogens with zero attached hydrogens (tertiary/aromatic N) is 2. The molecule has 0 aliphatic carbocycles. The summed E-state index contributed by atoms with van der Waals surface area (Å²) in [4.78, 5) is 45.0. The fraction of sp³-hybridized carbons (Fsp3) is 0.194. The van der Waals surface area contributed by atoms with Crippen LogP contribution in [0.1, 0.15) is 40.0 Å². The molecule has 8 heteroatoms. The van der Waals surface area contributed by atoms with Crippen molar-refractivity contribution < 1.29 is 14.4 Å². The van der Waals surface area contributed by atoms with Crippen LogP contribution in [-0.2, 0) is 14.4 Å². The Morgan fingerprint density at radius 2 is 0.821 bits per heavy atom. The summed E-state index contributed by atoms with van der Waals surface area (Å²) in [6.07, 6.45) is 1.21. The van der Waals surface area contributed by atoms with Gasteiger partial charge in [-0.05, 0) is 54.6 Å². The van der Waals surface area contributed by atoms with Crippen LogP contribution in [0.15, 0.2) is 78.9 Å². The summed E-state index contributed by atoms with van der Waals surface area (Å²) in [5.74, 6) is 0.376. The fourth-order valence-corrected chi connectivity index (χ4v) is 3.77. The molecule has 0 unspecified atom stereocenters. The first kappa shape index (κ1) is 27.2. The highest BCUT2D eigenvalue weighted by molar-refractivity contribution is 5.92. The minimum atomic E-state index is -0.0552. The van der Waals surface area contributed by atoms with E-state index < -0.39 is 0 Å². The molecule has 3 N–H and O–H groups in total. The Bertz CT molecular complexity index is 1270. The third-order valence-electron chi connectivity index (χ3n) is 6.05. The number of hydrogen-bond donors (Lipinski definition) is 3. The van der Waals surface area contributed by atoms with Crippen LogP contribution in [-0.4, -0.2) is 27.7 Å². The number of carbonyl (C=O) groups excluding carboxylic acids is 3. The van der Waals surface area contributed by atoms with Crippen LogP contribution in [0.3, 0.4) is 0 Å². The van der Waals surface area contributed by atoms with Crippen LogP contribution >= 0.6 is 0 Å². The topological polar surface area (TPSA) is 113 Å². The van der Waals surface area contributed by atoms with Crippen molar-refractivity contribution in [1.29, 1.82) is 0 Å². The number of hydrogen-bond acceptors (Lipinski definition) is 5. The molecule has 0 saturated heterocycles. The van der Waals surface area contributed by atoms with Gasteiger partial charge in [0.25, 0.3) is 0 Å². The molecule has 1 aromatic heterocycles. The second-order valence-electron chi connectivity index (χ2n) is 8.90. The van der Waals surface area contributed by atoms with Crippen LogP contribution in [0.25, 0.3) is 33.9 Å². The largest absolute Gasteiger partial charge is 0.326 e. The highest BCUT2D eigenvalue weighted by atomic mass is 16.2. The molecule has 4 rings (SSSR count). The van der Waals surface area contributed by atoms with Gasteiger partial charge >= 0.3 is 0 Å². The molecule has 0 aliphatic rings. The van der Waals surface area contributed by atoms with Crippen molar-refractivity contribution in [2.75, 3.05) is 16.0 Å². The van der Waals surface area contributed by atoms with Gasteiger partial charge in [-0.2, -0.15) is 0 Å². The molecule has 198 valence electrons. The lowest BCUT2D eigenvalue weighted by Crippen LogP contribution is -2.09. The third kappa shape index (κ3) is 7.13. The smallest absolute Gasteiger partial charge is 0.224 e. The normalized spacial score (nSPS) is 10.5. The zero-order chi connectivity index (χ0) is 27.8. The molecule has 8 nitrogen and oxygen atoms in total. The van der Waals surface area contributed by atoms with E-state index in [1.807, 2.05) is 92.7 Å². The first-order chi connectivity index (χ1) is 18.9. The Balaban J connectivity index is 1.72. The van der Waals surface area contributed by atoms with Crippen LogP contribution in [0.5, 0.6) is 0 Å². The Hall–Kier alpha value is -4.85. The average molecular weight is 522 g/mol. The molecule has 0 atom stereocenters. The zero-order valence-electron chi connectivity index (χ0n) is 22.2. The van der Waals surface area contributed by atoms with Crippen molar-refractivity contribution >= 4 is 34.8 Å². The molecule has 1 heterocycles. The summed E-state index contributed by atoms with van der Waals surface area (Å²) < 4.78 is 0. The lowest BCUT2D eigenvalue weighted by Gasteiger charge is -2.11. The predicted octanol–water partition coefficient (Wildman–Crippen LogP) is 6.52. The van der Waals surface area contributed by atoms with Gasteiger partial charge in [0.05, 0.1) is 11.4 Å². The van der Waals surface area contributed by atoms with Crippen LogP contribution < -0.4 is 16.0 Å². The molecule has 0 fully saturated rings. The second kappa shape index (κ2) is 12.6. The van der Waals surface area contributed by atoms with Gasteiger partial charge in [0.1, 0.15) is 0 Å². The highest BCUT2D eigenvalue weighted by Crippen LogP contribution is 2.29. The summed E-state index contributed by atoms with van der Waals surface area (Å²) in [5.41, 5.74) is 6.11. The molecular formula is C31H31N5O3. The van der Waals surface area contributed by atoms with Crippen LogP contribution in [0, 0.1) is 0 Å². The minimum absolute atomic E-state index is 0.0495. The van der Waals surface area contributed by atoms with Crippen molar-refractivity contribution in [2.24, 2.45) is 0 Å². The quantitative estimate of drug-likeness (QED) is 0.232. The zero-order valence-corrected chi connectivity index (χ0v) is 22.2. The molecule has 3 amide bonds. The fourth-order valence-electron chi connectivity index (χ4n) is 3.77. The Morgan fingerprint density at radius 1 is 0.513 bits per heavy atom. The van der Waals surface area contributed by atoms with E-state index in [2.05, 4.69) is 16.0 Å². The second-order valence-corrected chi connectivity index (χ2v) is 8.90. The maximum atomic E-state index is 11.8. The standard InChI is InChI=1S/C31H31N5O3/c1-4-28(37)32-23-13-7-20(8-14-23)26-19-27(21-9-15-24(16-10-21)33-29(38)5-2)36-31(35-26)22-11-17-25(18-12-22)34-30(39)6-3/h7-19H,4-6H2,1-3H3,(H,32,37)(H,33,38)(H,34,39). The van der Waals surface area contributed by atoms with E-state index in [9.17, 15) is 14.4 Å². The van der Waals surface area contributed by atoms with Gasteiger partial charge in [0, 0.05) is 53.0 Å². The van der Waals surface area contributed by atoms with Crippen LogP contribution in [0.2, 0.25) is 0 Å². The van der Waals surface area contributed by atoms with Crippen molar-refractivity contribution in [3.05, 3.63) is 78.9 Å². The summed E-state index contributed by atoms with van der Waals surface area (Å²) in [5, 5.41) is 8.57. The van der Waals surface area contributed by atoms with E-state index >= 15 is 0 Å². The maximum Gasteiger partial charge on any atom is 0.224 e. The molecule has 3 aromatic carbocycles. The Labute approximate surface area is 227 Å².